The van der Waals surface area contributed by atoms with E-state index in [2.05, 4.69) is 52.3 Å². The van der Waals surface area contributed by atoms with Gasteiger partial charge in [0.05, 0.1) is 0 Å². The summed E-state index contributed by atoms with van der Waals surface area (Å²) in [7, 11) is 0. The predicted molar refractivity (Wildman–Crippen MR) is 73.1 cm³/mol. The number of hydrogen-bond acceptors (Lipinski definition) is 0. The number of rotatable bonds is 0. The van der Waals surface area contributed by atoms with Crippen molar-refractivity contribution >= 4 is 0 Å². The third-order valence-corrected chi connectivity index (χ3v) is 3.23. The summed E-state index contributed by atoms with van der Waals surface area (Å²) in [5.74, 6) is 0.588. The van der Waals surface area contributed by atoms with E-state index < -0.39 is 0 Å². The Bertz CT molecular complexity index is 386. The van der Waals surface area contributed by atoms with Gasteiger partial charge in [-0.3, -0.25) is 0 Å². The van der Waals surface area contributed by atoms with Crippen LogP contribution in [0.3, 0.4) is 0 Å². The van der Waals surface area contributed by atoms with Crippen molar-refractivity contribution in [2.24, 2.45) is 5.92 Å². The van der Waals surface area contributed by atoms with Crippen LogP contribution in [-0.4, -0.2) is 0 Å². The summed E-state index contributed by atoms with van der Waals surface area (Å²) in [6, 6.07) is 0. The second-order valence-corrected chi connectivity index (χ2v) is 4.41. The largest absolute Gasteiger partial charge is 0.0732 e. The molecule has 87 valence electrons. The first-order valence-electron chi connectivity index (χ1n) is 6.22. The highest BCUT2D eigenvalue weighted by molar-refractivity contribution is 5.60. The lowest BCUT2D eigenvalue weighted by Gasteiger charge is -2.24. The van der Waals surface area contributed by atoms with Crippen molar-refractivity contribution in [1.82, 2.24) is 0 Å². The number of fused-ring (bicyclic) bond motifs is 1. The van der Waals surface area contributed by atoms with Crippen molar-refractivity contribution in [2.45, 2.75) is 41.5 Å². The second-order valence-electron chi connectivity index (χ2n) is 4.41. The molecule has 0 fully saturated rings. The van der Waals surface area contributed by atoms with E-state index in [4.69, 9.17) is 0 Å². The molecular weight excluding hydrogens is 192 g/mol. The Kier molecular flexibility index (Phi) is 4.35. The lowest BCUT2D eigenvalue weighted by Crippen LogP contribution is -2.07. The van der Waals surface area contributed by atoms with Gasteiger partial charge in [-0.1, -0.05) is 55.7 Å². The standard InChI is InChI=1S/C14H17.C2H6/c1-9-5-13-7-11(3)12(4)8-14(13)6-10(9)2;1-2/h5-9H,1-4H3;1-2H3. The van der Waals surface area contributed by atoms with E-state index >= 15 is 0 Å². The van der Waals surface area contributed by atoms with Gasteiger partial charge in [0.1, 0.15) is 0 Å². The number of hydrogen-bond donors (Lipinski definition) is 0. The zero-order valence-electron chi connectivity index (χ0n) is 11.4. The van der Waals surface area contributed by atoms with E-state index in [1.807, 2.05) is 13.8 Å². The molecule has 0 saturated heterocycles. The van der Waals surface area contributed by atoms with Crippen molar-refractivity contribution in [3.63, 3.8) is 0 Å². The van der Waals surface area contributed by atoms with Gasteiger partial charge in [-0.05, 0) is 37.8 Å². The Hall–Kier alpha value is -1.04. The molecule has 0 nitrogen and oxygen atoms in total. The monoisotopic (exact) mass is 215 g/mol. The van der Waals surface area contributed by atoms with Gasteiger partial charge in [-0.15, -0.1) is 0 Å². The van der Waals surface area contributed by atoms with Crippen LogP contribution < -0.4 is 0 Å². The summed E-state index contributed by atoms with van der Waals surface area (Å²) in [5.41, 5.74) is 7.01. The third-order valence-electron chi connectivity index (χ3n) is 3.23. The molecule has 0 heterocycles. The fourth-order valence-corrected chi connectivity index (χ4v) is 1.91. The fourth-order valence-electron chi connectivity index (χ4n) is 1.91. The summed E-state index contributed by atoms with van der Waals surface area (Å²) in [5, 5.41) is 0. The second kappa shape index (κ2) is 5.34. The summed E-state index contributed by atoms with van der Waals surface area (Å²) >= 11 is 0. The van der Waals surface area contributed by atoms with E-state index in [1.165, 1.54) is 27.9 Å². The maximum absolute atomic E-state index is 2.36. The molecule has 0 aliphatic heterocycles. The first-order valence-corrected chi connectivity index (χ1v) is 6.22. The average molecular weight is 215 g/mol. The van der Waals surface area contributed by atoms with E-state index in [9.17, 15) is 0 Å². The number of allylic oxidation sites excluding steroid dienone is 8. The molecule has 1 radical (unpaired) electrons. The molecule has 2 aliphatic rings. The molecule has 1 unspecified atom stereocenters. The molecule has 0 heteroatoms. The molecule has 2 rings (SSSR count). The summed E-state index contributed by atoms with van der Waals surface area (Å²) < 4.78 is 0. The minimum absolute atomic E-state index is 0.588. The Morgan fingerprint density at radius 2 is 1.50 bits per heavy atom. The predicted octanol–water partition coefficient (Wildman–Crippen LogP) is 5.02. The molecule has 2 aliphatic carbocycles. The molecule has 0 aromatic heterocycles. The topological polar surface area (TPSA) is 0 Å². The highest BCUT2D eigenvalue weighted by atomic mass is 14.2. The van der Waals surface area contributed by atoms with E-state index in [1.54, 1.807) is 0 Å². The van der Waals surface area contributed by atoms with Crippen molar-refractivity contribution in [1.29, 1.82) is 0 Å². The fraction of sp³-hybridized carbons (Fsp3) is 0.438. The van der Waals surface area contributed by atoms with Crippen LogP contribution in [0.4, 0.5) is 0 Å². The summed E-state index contributed by atoms with van der Waals surface area (Å²) in [4.78, 5) is 0. The molecule has 16 heavy (non-hydrogen) atoms. The summed E-state index contributed by atoms with van der Waals surface area (Å²) in [6.07, 6.45) is 9.25. The molecule has 0 spiro atoms. The van der Waals surface area contributed by atoms with Gasteiger partial charge in [0.2, 0.25) is 0 Å². The minimum atomic E-state index is 0.588. The average Bonchev–Trinajstić information content (AvgIpc) is 2.26. The van der Waals surface area contributed by atoms with Crippen molar-refractivity contribution in [2.75, 3.05) is 0 Å². The lowest BCUT2D eigenvalue weighted by atomic mass is 9.81. The molecular formula is C16H23. The smallest absolute Gasteiger partial charge is 0.0160 e. The normalized spacial score (nSPS) is 23.6. The van der Waals surface area contributed by atoms with E-state index in [-0.39, 0.29) is 0 Å². The van der Waals surface area contributed by atoms with Crippen LogP contribution >= 0.6 is 0 Å². The summed E-state index contributed by atoms with van der Waals surface area (Å²) in [6.45, 7) is 12.8. The molecule has 0 aromatic carbocycles. The maximum atomic E-state index is 2.36. The van der Waals surface area contributed by atoms with Gasteiger partial charge in [0.25, 0.3) is 0 Å². The highest BCUT2D eigenvalue weighted by Gasteiger charge is 2.17. The minimum Gasteiger partial charge on any atom is -0.0732 e. The molecule has 1 atom stereocenters. The van der Waals surface area contributed by atoms with Gasteiger partial charge in [-0.25, -0.2) is 0 Å². The lowest BCUT2D eigenvalue weighted by molar-refractivity contribution is 0.840. The van der Waals surface area contributed by atoms with Gasteiger partial charge in [0, 0.05) is 6.42 Å². The van der Waals surface area contributed by atoms with Crippen molar-refractivity contribution in [3.05, 3.63) is 52.5 Å². The Morgan fingerprint density at radius 3 is 2.12 bits per heavy atom. The zero-order valence-corrected chi connectivity index (χ0v) is 11.4. The van der Waals surface area contributed by atoms with Gasteiger partial charge in [0.15, 0.2) is 0 Å². The Morgan fingerprint density at radius 1 is 0.875 bits per heavy atom. The molecule has 0 bridgehead atoms. The van der Waals surface area contributed by atoms with Crippen LogP contribution in [0.15, 0.2) is 46.1 Å². The molecule has 0 saturated carbocycles. The SMILES string of the molecule is CC.CC1=CC2=CC(C)=C(C)[CH]C2=CC1C. The highest BCUT2D eigenvalue weighted by Crippen LogP contribution is 2.34. The van der Waals surface area contributed by atoms with Gasteiger partial charge < -0.3 is 0 Å². The maximum Gasteiger partial charge on any atom is 0.0160 e. The zero-order chi connectivity index (χ0) is 12.3. The van der Waals surface area contributed by atoms with Crippen molar-refractivity contribution in [3.8, 4) is 0 Å². The molecule has 0 N–H and O–H groups in total. The van der Waals surface area contributed by atoms with E-state index in [0.29, 0.717) is 5.92 Å². The Balaban J connectivity index is 0.000000606. The van der Waals surface area contributed by atoms with Crippen molar-refractivity contribution < 1.29 is 0 Å². The quantitative estimate of drug-likeness (QED) is 0.532. The van der Waals surface area contributed by atoms with Gasteiger partial charge in [-0.2, -0.15) is 0 Å². The van der Waals surface area contributed by atoms with Crippen LogP contribution in [0.2, 0.25) is 0 Å². The van der Waals surface area contributed by atoms with Crippen LogP contribution in [0.25, 0.3) is 0 Å². The third kappa shape index (κ3) is 2.55. The van der Waals surface area contributed by atoms with Crippen LogP contribution in [0, 0.1) is 12.3 Å². The molecule has 0 aromatic rings. The first-order chi connectivity index (χ1) is 7.58. The first kappa shape index (κ1) is 13.0. The van der Waals surface area contributed by atoms with Crippen LogP contribution in [-0.2, 0) is 0 Å². The van der Waals surface area contributed by atoms with E-state index in [0.717, 1.165) is 0 Å². The molecule has 0 amide bonds. The van der Waals surface area contributed by atoms with Crippen LogP contribution in [0.5, 0.6) is 0 Å². The Labute approximate surface area is 100 Å². The van der Waals surface area contributed by atoms with Gasteiger partial charge >= 0.3 is 0 Å². The van der Waals surface area contributed by atoms with Crippen LogP contribution in [0.1, 0.15) is 41.5 Å².